The summed E-state index contributed by atoms with van der Waals surface area (Å²) in [7, 11) is 0. The van der Waals surface area contributed by atoms with Crippen LogP contribution in [-0.4, -0.2) is 23.4 Å². The first kappa shape index (κ1) is 10.5. The molecule has 0 N–H and O–H groups in total. The molecule has 1 aliphatic heterocycles. The molecular weight excluding hydrogens is 210 g/mol. The number of halogens is 1. The number of rotatable bonds is 2. The van der Waals surface area contributed by atoms with Crippen molar-refractivity contribution in [2.45, 2.75) is 18.8 Å². The number of likely N-dealkylation sites (tertiary alicyclic amines) is 1. The van der Waals surface area contributed by atoms with E-state index in [9.17, 15) is 4.79 Å². The van der Waals surface area contributed by atoms with Crippen molar-refractivity contribution in [3.05, 3.63) is 35.9 Å². The van der Waals surface area contributed by atoms with Crippen molar-refractivity contribution in [1.29, 1.82) is 0 Å². The van der Waals surface area contributed by atoms with E-state index in [1.165, 1.54) is 5.56 Å². The van der Waals surface area contributed by atoms with E-state index in [0.29, 0.717) is 18.3 Å². The summed E-state index contributed by atoms with van der Waals surface area (Å²) in [4.78, 5) is 13.2. The molecule has 0 aliphatic carbocycles. The molecule has 2 nitrogen and oxygen atoms in total. The van der Waals surface area contributed by atoms with E-state index in [1.54, 1.807) is 4.90 Å². The second-order valence-corrected chi connectivity index (χ2v) is 4.12. The molecule has 1 atom stereocenters. The van der Waals surface area contributed by atoms with Gasteiger partial charge < -0.3 is 4.90 Å². The average Bonchev–Trinajstić information content (AvgIpc) is 2.31. The van der Waals surface area contributed by atoms with Gasteiger partial charge in [0.15, 0.2) is 0 Å². The van der Waals surface area contributed by atoms with Crippen molar-refractivity contribution >= 4 is 17.5 Å². The molecule has 1 saturated heterocycles. The maximum absolute atomic E-state index is 11.4. The third kappa shape index (κ3) is 2.32. The highest BCUT2D eigenvalue weighted by molar-refractivity contribution is 6.18. The molecular formula is C12H14ClNO. The highest BCUT2D eigenvalue weighted by atomic mass is 35.5. The molecule has 15 heavy (non-hydrogen) atoms. The standard InChI is InChI=1S/C12H14ClNO/c13-9-14-8-11(6-7-12(14)15)10-4-2-1-3-5-10/h1-5,11H,6-9H2. The minimum absolute atomic E-state index is 0.178. The third-order valence-electron chi connectivity index (χ3n) is 2.92. The van der Waals surface area contributed by atoms with Gasteiger partial charge in [0.1, 0.15) is 0 Å². The Labute approximate surface area is 94.8 Å². The van der Waals surface area contributed by atoms with Crippen LogP contribution in [0.25, 0.3) is 0 Å². The first-order chi connectivity index (χ1) is 7.31. The summed E-state index contributed by atoms with van der Waals surface area (Å²) in [6.45, 7) is 0.756. The highest BCUT2D eigenvalue weighted by Crippen LogP contribution is 2.27. The van der Waals surface area contributed by atoms with Crippen LogP contribution in [0.15, 0.2) is 30.3 Å². The van der Waals surface area contributed by atoms with Crippen LogP contribution in [0.3, 0.4) is 0 Å². The van der Waals surface area contributed by atoms with Gasteiger partial charge in [-0.1, -0.05) is 30.3 Å². The lowest BCUT2D eigenvalue weighted by molar-refractivity contribution is -0.132. The SMILES string of the molecule is O=C1CCC(c2ccccc2)CN1CCl. The molecule has 1 unspecified atom stereocenters. The van der Waals surface area contributed by atoms with Crippen LogP contribution in [0.1, 0.15) is 24.3 Å². The summed E-state index contributed by atoms with van der Waals surface area (Å²) in [5.74, 6) is 0.625. The molecule has 0 saturated carbocycles. The van der Waals surface area contributed by atoms with Crippen LogP contribution in [0.2, 0.25) is 0 Å². The fourth-order valence-electron chi connectivity index (χ4n) is 2.03. The van der Waals surface area contributed by atoms with Gasteiger partial charge >= 0.3 is 0 Å². The van der Waals surface area contributed by atoms with E-state index in [0.717, 1.165) is 13.0 Å². The molecule has 80 valence electrons. The number of alkyl halides is 1. The van der Waals surface area contributed by atoms with Crippen LogP contribution in [0.4, 0.5) is 0 Å². The Morgan fingerprint density at radius 3 is 2.73 bits per heavy atom. The Balaban J connectivity index is 2.09. The van der Waals surface area contributed by atoms with Gasteiger partial charge in [-0.15, -0.1) is 11.6 Å². The minimum atomic E-state index is 0.178. The van der Waals surface area contributed by atoms with E-state index >= 15 is 0 Å². The lowest BCUT2D eigenvalue weighted by Crippen LogP contribution is -2.38. The first-order valence-corrected chi connectivity index (χ1v) is 5.73. The molecule has 1 fully saturated rings. The maximum Gasteiger partial charge on any atom is 0.223 e. The van der Waals surface area contributed by atoms with Crippen LogP contribution >= 0.6 is 11.6 Å². The first-order valence-electron chi connectivity index (χ1n) is 5.20. The van der Waals surface area contributed by atoms with Crippen LogP contribution in [-0.2, 0) is 4.79 Å². The zero-order valence-electron chi connectivity index (χ0n) is 8.53. The largest absolute Gasteiger partial charge is 0.328 e. The normalized spacial score (nSPS) is 21.8. The Morgan fingerprint density at radius 1 is 1.33 bits per heavy atom. The van der Waals surface area contributed by atoms with E-state index in [-0.39, 0.29) is 5.91 Å². The fraction of sp³-hybridized carbons (Fsp3) is 0.417. The van der Waals surface area contributed by atoms with Crippen molar-refractivity contribution in [3.8, 4) is 0 Å². The number of carbonyl (C=O) groups is 1. The summed E-state index contributed by atoms with van der Waals surface area (Å²) in [6, 6.07) is 10.6. The summed E-state index contributed by atoms with van der Waals surface area (Å²) in [5.41, 5.74) is 1.31. The number of carbonyl (C=O) groups excluding carboxylic acids is 1. The molecule has 0 aromatic heterocycles. The van der Waals surface area contributed by atoms with Gasteiger partial charge in [0.2, 0.25) is 5.91 Å². The second kappa shape index (κ2) is 4.67. The number of hydrogen-bond donors (Lipinski definition) is 0. The molecule has 1 aromatic carbocycles. The van der Waals surface area contributed by atoms with Crippen LogP contribution in [0, 0.1) is 0 Å². The number of nitrogens with zero attached hydrogens (tertiary/aromatic N) is 1. The Morgan fingerprint density at radius 2 is 2.07 bits per heavy atom. The minimum Gasteiger partial charge on any atom is -0.328 e. The van der Waals surface area contributed by atoms with Gasteiger partial charge in [0.25, 0.3) is 0 Å². The molecule has 0 radical (unpaired) electrons. The summed E-state index contributed by atoms with van der Waals surface area (Å²) in [6.07, 6.45) is 1.56. The van der Waals surface area contributed by atoms with Gasteiger partial charge in [-0.3, -0.25) is 4.79 Å². The summed E-state index contributed by atoms with van der Waals surface area (Å²) in [5, 5.41) is 0. The smallest absolute Gasteiger partial charge is 0.223 e. The number of hydrogen-bond acceptors (Lipinski definition) is 1. The monoisotopic (exact) mass is 223 g/mol. The zero-order valence-corrected chi connectivity index (χ0v) is 9.28. The molecule has 1 heterocycles. The van der Waals surface area contributed by atoms with Crippen molar-refractivity contribution in [2.24, 2.45) is 0 Å². The van der Waals surface area contributed by atoms with Crippen molar-refractivity contribution in [1.82, 2.24) is 4.90 Å². The average molecular weight is 224 g/mol. The van der Waals surface area contributed by atoms with Gasteiger partial charge in [-0.2, -0.15) is 0 Å². The molecule has 1 amide bonds. The van der Waals surface area contributed by atoms with E-state index in [2.05, 4.69) is 12.1 Å². The number of piperidine rings is 1. The number of benzene rings is 1. The van der Waals surface area contributed by atoms with Gasteiger partial charge in [-0.05, 0) is 12.0 Å². The third-order valence-corrected chi connectivity index (χ3v) is 3.20. The van der Waals surface area contributed by atoms with Crippen molar-refractivity contribution in [3.63, 3.8) is 0 Å². The highest BCUT2D eigenvalue weighted by Gasteiger charge is 2.25. The lowest BCUT2D eigenvalue weighted by atomic mass is 9.91. The lowest BCUT2D eigenvalue weighted by Gasteiger charge is -2.31. The quantitative estimate of drug-likeness (QED) is 0.558. The Kier molecular flexibility index (Phi) is 3.27. The Hall–Kier alpha value is -1.02. The number of amides is 1. The van der Waals surface area contributed by atoms with Gasteiger partial charge in [0, 0.05) is 18.9 Å². The predicted molar refractivity (Wildman–Crippen MR) is 60.9 cm³/mol. The zero-order chi connectivity index (χ0) is 10.7. The summed E-state index contributed by atoms with van der Waals surface area (Å²) < 4.78 is 0. The Bertz CT molecular complexity index is 339. The molecule has 2 rings (SSSR count). The van der Waals surface area contributed by atoms with E-state index < -0.39 is 0 Å². The topological polar surface area (TPSA) is 20.3 Å². The van der Waals surface area contributed by atoms with Crippen molar-refractivity contribution < 1.29 is 4.79 Å². The fourth-order valence-corrected chi connectivity index (χ4v) is 2.26. The molecule has 1 aliphatic rings. The second-order valence-electron chi connectivity index (χ2n) is 3.88. The van der Waals surface area contributed by atoms with Gasteiger partial charge in [-0.25, -0.2) is 0 Å². The molecule has 0 spiro atoms. The molecule has 3 heteroatoms. The van der Waals surface area contributed by atoms with Crippen molar-refractivity contribution in [2.75, 3.05) is 12.5 Å². The van der Waals surface area contributed by atoms with Gasteiger partial charge in [0.05, 0.1) is 6.00 Å². The maximum atomic E-state index is 11.4. The van der Waals surface area contributed by atoms with Crippen LogP contribution < -0.4 is 0 Å². The van der Waals surface area contributed by atoms with Crippen LogP contribution in [0.5, 0.6) is 0 Å². The summed E-state index contributed by atoms with van der Waals surface area (Å²) >= 11 is 5.73. The molecule has 0 bridgehead atoms. The predicted octanol–water partition coefficient (Wildman–Crippen LogP) is 2.59. The molecule has 1 aromatic rings. The van der Waals surface area contributed by atoms with E-state index in [4.69, 9.17) is 11.6 Å². The van der Waals surface area contributed by atoms with E-state index in [1.807, 2.05) is 18.2 Å².